The maximum absolute atomic E-state index is 10.3. The van der Waals surface area contributed by atoms with Gasteiger partial charge in [0.05, 0.1) is 17.5 Å². The third-order valence-corrected chi connectivity index (χ3v) is 4.40. The highest BCUT2D eigenvalue weighted by molar-refractivity contribution is 5.31. The Balaban J connectivity index is 1.40. The van der Waals surface area contributed by atoms with Gasteiger partial charge in [-0.25, -0.2) is 4.68 Å². The van der Waals surface area contributed by atoms with E-state index in [-0.39, 0.29) is 0 Å². The third-order valence-electron chi connectivity index (χ3n) is 4.40. The van der Waals surface area contributed by atoms with Gasteiger partial charge in [0, 0.05) is 31.4 Å². The van der Waals surface area contributed by atoms with Crippen LogP contribution in [0.1, 0.15) is 18.4 Å². The summed E-state index contributed by atoms with van der Waals surface area (Å²) in [5, 5.41) is 14.7. The Bertz CT molecular complexity index is 597. The number of aromatic nitrogens is 2. The number of benzene rings is 1. The van der Waals surface area contributed by atoms with E-state index in [1.165, 1.54) is 18.4 Å². The van der Waals surface area contributed by atoms with Gasteiger partial charge >= 0.3 is 0 Å². The predicted octanol–water partition coefficient (Wildman–Crippen LogP) is 1.83. The summed E-state index contributed by atoms with van der Waals surface area (Å²) in [6.07, 6.45) is 6.40. The van der Waals surface area contributed by atoms with E-state index >= 15 is 0 Å². The number of aliphatic hydroxyl groups is 1. The maximum atomic E-state index is 10.3. The normalized spacial score (nSPS) is 21.6. The van der Waals surface area contributed by atoms with Crippen LogP contribution in [0.15, 0.2) is 42.7 Å². The lowest BCUT2D eigenvalue weighted by atomic mass is 9.88. The zero-order valence-corrected chi connectivity index (χ0v) is 11.4. The van der Waals surface area contributed by atoms with Crippen molar-refractivity contribution in [2.45, 2.75) is 25.0 Å². The quantitative estimate of drug-likeness (QED) is 0.920. The van der Waals surface area contributed by atoms with Gasteiger partial charge in [0.15, 0.2) is 0 Å². The Hall–Kier alpha value is -1.65. The van der Waals surface area contributed by atoms with Crippen molar-refractivity contribution in [3.63, 3.8) is 0 Å². The Morgan fingerprint density at radius 3 is 2.65 bits per heavy atom. The van der Waals surface area contributed by atoms with Crippen molar-refractivity contribution in [2.24, 2.45) is 5.92 Å². The highest BCUT2D eigenvalue weighted by Crippen LogP contribution is 2.44. The largest absolute Gasteiger partial charge is 0.387 e. The summed E-state index contributed by atoms with van der Waals surface area (Å²) in [6, 6.07) is 10.1. The molecule has 0 bridgehead atoms. The monoisotopic (exact) mass is 269 g/mol. The van der Waals surface area contributed by atoms with E-state index in [0.717, 1.165) is 25.3 Å². The minimum atomic E-state index is -0.393. The van der Waals surface area contributed by atoms with Crippen LogP contribution >= 0.6 is 0 Å². The van der Waals surface area contributed by atoms with E-state index in [0.29, 0.717) is 5.92 Å². The van der Waals surface area contributed by atoms with Crippen molar-refractivity contribution in [1.82, 2.24) is 14.7 Å². The zero-order chi connectivity index (χ0) is 13.6. The Morgan fingerprint density at radius 1 is 1.20 bits per heavy atom. The summed E-state index contributed by atoms with van der Waals surface area (Å²) in [7, 11) is 0. The third kappa shape index (κ3) is 2.15. The van der Waals surface area contributed by atoms with Crippen molar-refractivity contribution in [2.75, 3.05) is 13.1 Å². The van der Waals surface area contributed by atoms with E-state index < -0.39 is 5.60 Å². The van der Waals surface area contributed by atoms with Crippen LogP contribution < -0.4 is 0 Å². The fourth-order valence-corrected chi connectivity index (χ4v) is 3.14. The summed E-state index contributed by atoms with van der Waals surface area (Å²) >= 11 is 0. The molecule has 104 valence electrons. The number of hydrogen-bond donors (Lipinski definition) is 1. The van der Waals surface area contributed by atoms with Crippen LogP contribution in [0.5, 0.6) is 0 Å². The molecule has 1 aliphatic heterocycles. The molecule has 4 heteroatoms. The van der Waals surface area contributed by atoms with E-state index in [4.69, 9.17) is 0 Å². The van der Waals surface area contributed by atoms with Gasteiger partial charge < -0.3 is 5.11 Å². The van der Waals surface area contributed by atoms with Crippen molar-refractivity contribution in [3.05, 3.63) is 48.3 Å². The Morgan fingerprint density at radius 2 is 1.95 bits per heavy atom. The standard InChI is InChI=1S/C16H19N3O/c20-16(14-6-7-14)11-18(12-16)9-13-8-17-19(10-13)15-4-2-1-3-5-15/h1-5,8,10,14,20H,6-7,9,11-12H2. The summed E-state index contributed by atoms with van der Waals surface area (Å²) < 4.78 is 1.90. The van der Waals surface area contributed by atoms with Crippen LogP contribution in [0.3, 0.4) is 0 Å². The van der Waals surface area contributed by atoms with Gasteiger partial charge in [0.2, 0.25) is 0 Å². The molecule has 2 heterocycles. The summed E-state index contributed by atoms with van der Waals surface area (Å²) in [6.45, 7) is 2.50. The molecule has 1 saturated carbocycles. The first-order valence-corrected chi connectivity index (χ1v) is 7.27. The van der Waals surface area contributed by atoms with Crippen LogP contribution in [-0.4, -0.2) is 38.5 Å². The van der Waals surface area contributed by atoms with Crippen LogP contribution in [0.2, 0.25) is 0 Å². The molecule has 2 fully saturated rings. The first-order chi connectivity index (χ1) is 9.73. The molecule has 1 N–H and O–H groups in total. The number of nitrogens with zero attached hydrogens (tertiary/aromatic N) is 3. The van der Waals surface area contributed by atoms with Crippen LogP contribution in [-0.2, 0) is 6.54 Å². The second kappa shape index (κ2) is 4.43. The lowest BCUT2D eigenvalue weighted by Gasteiger charge is -2.47. The lowest BCUT2D eigenvalue weighted by molar-refractivity contribution is -0.116. The molecule has 2 aliphatic rings. The van der Waals surface area contributed by atoms with Crippen molar-refractivity contribution in [1.29, 1.82) is 0 Å². The smallest absolute Gasteiger partial charge is 0.0928 e. The van der Waals surface area contributed by atoms with Gasteiger partial charge in [0.1, 0.15) is 0 Å². The molecule has 4 rings (SSSR count). The lowest BCUT2D eigenvalue weighted by Crippen LogP contribution is -2.62. The molecule has 0 radical (unpaired) electrons. The van der Waals surface area contributed by atoms with Crippen molar-refractivity contribution >= 4 is 0 Å². The van der Waals surface area contributed by atoms with Gasteiger partial charge in [-0.2, -0.15) is 5.10 Å². The Labute approximate surface area is 118 Å². The molecule has 1 aromatic heterocycles. The molecule has 0 spiro atoms. The second-order valence-corrected chi connectivity index (χ2v) is 6.15. The number of rotatable bonds is 4. The van der Waals surface area contributed by atoms with Gasteiger partial charge in [-0.1, -0.05) is 18.2 Å². The molecule has 1 saturated heterocycles. The first-order valence-electron chi connectivity index (χ1n) is 7.27. The second-order valence-electron chi connectivity index (χ2n) is 6.15. The minimum absolute atomic E-state index is 0.393. The van der Waals surface area contributed by atoms with E-state index in [1.54, 1.807) is 0 Å². The van der Waals surface area contributed by atoms with Gasteiger partial charge in [-0.15, -0.1) is 0 Å². The highest BCUT2D eigenvalue weighted by Gasteiger charge is 2.51. The maximum Gasteiger partial charge on any atom is 0.0928 e. The number of likely N-dealkylation sites (tertiary alicyclic amines) is 1. The van der Waals surface area contributed by atoms with Crippen LogP contribution in [0, 0.1) is 5.92 Å². The molecule has 0 unspecified atom stereocenters. The molecule has 2 aromatic rings. The van der Waals surface area contributed by atoms with Gasteiger partial charge in [-0.3, -0.25) is 4.90 Å². The zero-order valence-electron chi connectivity index (χ0n) is 11.4. The van der Waals surface area contributed by atoms with E-state index in [1.807, 2.05) is 41.2 Å². The molecular formula is C16H19N3O. The Kier molecular flexibility index (Phi) is 2.69. The van der Waals surface area contributed by atoms with Crippen molar-refractivity contribution < 1.29 is 5.11 Å². The van der Waals surface area contributed by atoms with Gasteiger partial charge in [-0.05, 0) is 30.9 Å². The minimum Gasteiger partial charge on any atom is -0.387 e. The topological polar surface area (TPSA) is 41.3 Å². The summed E-state index contributed by atoms with van der Waals surface area (Å²) in [4.78, 5) is 2.30. The molecule has 0 amide bonds. The number of β-amino-alcohol motifs (C(OH)–C–C–N with tert-alkyl or cyclic N) is 1. The fourth-order valence-electron chi connectivity index (χ4n) is 3.14. The van der Waals surface area contributed by atoms with Crippen molar-refractivity contribution in [3.8, 4) is 5.69 Å². The predicted molar refractivity (Wildman–Crippen MR) is 76.5 cm³/mol. The molecule has 1 aromatic carbocycles. The molecule has 20 heavy (non-hydrogen) atoms. The highest BCUT2D eigenvalue weighted by atomic mass is 16.3. The van der Waals surface area contributed by atoms with Crippen LogP contribution in [0.25, 0.3) is 5.69 Å². The molecular weight excluding hydrogens is 250 g/mol. The summed E-state index contributed by atoms with van der Waals surface area (Å²) in [5.74, 6) is 0.561. The van der Waals surface area contributed by atoms with E-state index in [2.05, 4.69) is 16.2 Å². The molecule has 4 nitrogen and oxygen atoms in total. The average Bonchev–Trinajstić information content (AvgIpc) is 3.19. The number of para-hydroxylation sites is 1. The summed E-state index contributed by atoms with van der Waals surface area (Å²) in [5.41, 5.74) is 1.89. The van der Waals surface area contributed by atoms with Crippen LogP contribution in [0.4, 0.5) is 0 Å². The number of hydrogen-bond acceptors (Lipinski definition) is 3. The first kappa shape index (κ1) is 12.1. The molecule has 1 aliphatic carbocycles. The van der Waals surface area contributed by atoms with Gasteiger partial charge in [0.25, 0.3) is 0 Å². The SMILES string of the molecule is OC1(C2CC2)CN(Cc2cnn(-c3ccccc3)c2)C1. The average molecular weight is 269 g/mol. The fraction of sp³-hybridized carbons (Fsp3) is 0.438. The molecule has 0 atom stereocenters. The van der Waals surface area contributed by atoms with E-state index in [9.17, 15) is 5.11 Å².